The molecule has 5 heteroatoms. The zero-order chi connectivity index (χ0) is 17.1. The maximum absolute atomic E-state index is 12.1. The Morgan fingerprint density at radius 3 is 2.38 bits per heavy atom. The molecule has 0 spiro atoms. The highest BCUT2D eigenvalue weighted by atomic mass is 16.5. The highest BCUT2D eigenvalue weighted by molar-refractivity contribution is 5.78. The molecule has 1 aromatic rings. The monoisotopic (exact) mass is 330 g/mol. The lowest BCUT2D eigenvalue weighted by molar-refractivity contribution is -0.136. The van der Waals surface area contributed by atoms with Crippen LogP contribution in [0.2, 0.25) is 0 Å². The molecule has 0 bridgehead atoms. The first-order valence-electron chi connectivity index (χ1n) is 8.90. The molecule has 1 saturated carbocycles. The van der Waals surface area contributed by atoms with Crippen LogP contribution in [0.25, 0.3) is 0 Å². The number of carbonyl (C=O) groups is 2. The molecule has 1 saturated heterocycles. The molecule has 2 unspecified atom stereocenters. The predicted molar refractivity (Wildman–Crippen MR) is 93.0 cm³/mol. The van der Waals surface area contributed by atoms with Gasteiger partial charge in [0.15, 0.2) is 0 Å². The molecule has 1 amide bonds. The van der Waals surface area contributed by atoms with Gasteiger partial charge in [-0.2, -0.15) is 0 Å². The van der Waals surface area contributed by atoms with Crippen LogP contribution in [0.5, 0.6) is 5.75 Å². The largest absolute Gasteiger partial charge is 0.426 e. The number of esters is 1. The molecule has 2 atom stereocenters. The smallest absolute Gasteiger partial charge is 0.314 e. The number of benzene rings is 1. The van der Waals surface area contributed by atoms with Crippen molar-refractivity contribution in [3.63, 3.8) is 0 Å². The second-order valence-electron chi connectivity index (χ2n) is 6.80. The summed E-state index contributed by atoms with van der Waals surface area (Å²) in [5, 5.41) is 0. The van der Waals surface area contributed by atoms with Crippen molar-refractivity contribution < 1.29 is 14.3 Å². The average molecular weight is 330 g/mol. The number of hydrogen-bond acceptors (Lipinski definition) is 4. The molecule has 0 aromatic heterocycles. The van der Waals surface area contributed by atoms with E-state index in [1.807, 2.05) is 29.2 Å². The molecular weight excluding hydrogens is 304 g/mol. The molecule has 1 aromatic carbocycles. The van der Waals surface area contributed by atoms with E-state index in [0.717, 1.165) is 51.1 Å². The van der Waals surface area contributed by atoms with Gasteiger partial charge < -0.3 is 14.5 Å². The number of nitrogens with zero attached hydrogens (tertiary/aromatic N) is 2. The van der Waals surface area contributed by atoms with Crippen molar-refractivity contribution in [2.45, 2.75) is 33.1 Å². The molecule has 2 aliphatic rings. The van der Waals surface area contributed by atoms with Crippen LogP contribution in [0.1, 0.15) is 33.1 Å². The molecule has 0 radical (unpaired) electrons. The molecule has 0 N–H and O–H groups in total. The van der Waals surface area contributed by atoms with Gasteiger partial charge in [-0.05, 0) is 43.0 Å². The molecule has 3 rings (SSSR count). The normalized spacial score (nSPS) is 23.1. The molecular formula is C19H26N2O3. The molecule has 1 aliphatic carbocycles. The van der Waals surface area contributed by atoms with Crippen molar-refractivity contribution >= 4 is 17.6 Å². The lowest BCUT2D eigenvalue weighted by Crippen LogP contribution is -2.48. The lowest BCUT2D eigenvalue weighted by Gasteiger charge is -2.35. The van der Waals surface area contributed by atoms with Crippen molar-refractivity contribution in [2.75, 3.05) is 31.1 Å². The number of piperazine rings is 1. The maximum Gasteiger partial charge on any atom is 0.314 e. The van der Waals surface area contributed by atoms with Gasteiger partial charge in [0.1, 0.15) is 5.75 Å². The first kappa shape index (κ1) is 16.8. The Morgan fingerprint density at radius 1 is 1.12 bits per heavy atom. The third-order valence-electron chi connectivity index (χ3n) is 5.03. The van der Waals surface area contributed by atoms with Gasteiger partial charge in [-0.25, -0.2) is 0 Å². The fourth-order valence-corrected chi connectivity index (χ4v) is 3.42. The number of rotatable bonds is 5. The van der Waals surface area contributed by atoms with Gasteiger partial charge in [-0.1, -0.05) is 13.3 Å². The van der Waals surface area contributed by atoms with E-state index in [1.54, 1.807) is 6.92 Å². The van der Waals surface area contributed by atoms with Gasteiger partial charge in [0.25, 0.3) is 0 Å². The summed E-state index contributed by atoms with van der Waals surface area (Å²) in [6.45, 7) is 6.94. The van der Waals surface area contributed by atoms with Gasteiger partial charge in [0.2, 0.25) is 5.91 Å². The van der Waals surface area contributed by atoms with Crippen LogP contribution in [-0.4, -0.2) is 43.0 Å². The van der Waals surface area contributed by atoms with Gasteiger partial charge in [-0.3, -0.25) is 9.59 Å². The molecule has 1 heterocycles. The van der Waals surface area contributed by atoms with Gasteiger partial charge in [-0.15, -0.1) is 0 Å². The Bertz CT molecular complexity index is 591. The highest BCUT2D eigenvalue weighted by Gasteiger charge is 2.43. The number of ether oxygens (including phenoxy) is 1. The summed E-state index contributed by atoms with van der Waals surface area (Å²) in [6.07, 6.45) is 3.22. The Morgan fingerprint density at radius 2 is 1.79 bits per heavy atom. The van der Waals surface area contributed by atoms with Gasteiger partial charge in [0.05, 0.1) is 5.92 Å². The van der Waals surface area contributed by atoms with Crippen LogP contribution in [-0.2, 0) is 9.59 Å². The van der Waals surface area contributed by atoms with Crippen molar-refractivity contribution in [3.8, 4) is 5.75 Å². The Labute approximate surface area is 143 Å². The van der Waals surface area contributed by atoms with E-state index in [2.05, 4.69) is 11.8 Å². The van der Waals surface area contributed by atoms with E-state index in [-0.39, 0.29) is 17.8 Å². The Hall–Kier alpha value is -2.04. The minimum Gasteiger partial charge on any atom is -0.426 e. The standard InChI is InChI=1S/C19H26N2O3/c1-3-4-15-13-18(15)19(23)24-17-7-5-16(6-8-17)21-11-9-20(10-12-21)14(2)22/h5-8,15,18H,3-4,9-13H2,1-2H3. The number of amides is 1. The second-order valence-corrected chi connectivity index (χ2v) is 6.80. The summed E-state index contributed by atoms with van der Waals surface area (Å²) in [7, 11) is 0. The number of anilines is 1. The van der Waals surface area contributed by atoms with Crippen molar-refractivity contribution in [3.05, 3.63) is 24.3 Å². The summed E-state index contributed by atoms with van der Waals surface area (Å²) in [5.74, 6) is 1.30. The van der Waals surface area contributed by atoms with Gasteiger partial charge in [0, 0.05) is 38.8 Å². The van der Waals surface area contributed by atoms with Crippen LogP contribution in [0, 0.1) is 11.8 Å². The quantitative estimate of drug-likeness (QED) is 0.615. The van der Waals surface area contributed by atoms with E-state index in [9.17, 15) is 9.59 Å². The SMILES string of the molecule is CCCC1CC1C(=O)Oc1ccc(N2CCN(C(C)=O)CC2)cc1. The molecule has 24 heavy (non-hydrogen) atoms. The van der Waals surface area contributed by atoms with Crippen LogP contribution in [0.15, 0.2) is 24.3 Å². The minimum absolute atomic E-state index is 0.0868. The lowest BCUT2D eigenvalue weighted by atomic mass is 10.2. The second kappa shape index (κ2) is 7.24. The predicted octanol–water partition coefficient (Wildman–Crippen LogP) is 2.70. The fraction of sp³-hybridized carbons (Fsp3) is 0.579. The van der Waals surface area contributed by atoms with Gasteiger partial charge >= 0.3 is 5.97 Å². The highest BCUT2D eigenvalue weighted by Crippen LogP contribution is 2.43. The summed E-state index contributed by atoms with van der Waals surface area (Å²) >= 11 is 0. The number of carbonyl (C=O) groups excluding carboxylic acids is 2. The van der Waals surface area contributed by atoms with Crippen molar-refractivity contribution in [1.29, 1.82) is 0 Å². The third-order valence-corrected chi connectivity index (χ3v) is 5.03. The van der Waals surface area contributed by atoms with E-state index in [4.69, 9.17) is 4.74 Å². The van der Waals surface area contributed by atoms with Crippen molar-refractivity contribution in [1.82, 2.24) is 4.90 Å². The topological polar surface area (TPSA) is 49.9 Å². The average Bonchev–Trinajstić information content (AvgIpc) is 3.35. The summed E-state index contributed by atoms with van der Waals surface area (Å²) in [4.78, 5) is 27.6. The van der Waals surface area contributed by atoms with E-state index < -0.39 is 0 Å². The van der Waals surface area contributed by atoms with Crippen LogP contribution in [0.4, 0.5) is 5.69 Å². The summed E-state index contributed by atoms with van der Waals surface area (Å²) < 4.78 is 5.50. The molecule has 1 aliphatic heterocycles. The summed E-state index contributed by atoms with van der Waals surface area (Å²) in [5.41, 5.74) is 1.10. The maximum atomic E-state index is 12.1. The van der Waals surface area contributed by atoms with Crippen LogP contribution >= 0.6 is 0 Å². The Kier molecular flexibility index (Phi) is 5.07. The van der Waals surface area contributed by atoms with Crippen molar-refractivity contribution in [2.24, 2.45) is 11.8 Å². The fourth-order valence-electron chi connectivity index (χ4n) is 3.42. The zero-order valence-electron chi connectivity index (χ0n) is 14.5. The van der Waals surface area contributed by atoms with E-state index in [1.165, 1.54) is 0 Å². The number of hydrogen-bond donors (Lipinski definition) is 0. The van der Waals surface area contributed by atoms with E-state index in [0.29, 0.717) is 11.7 Å². The summed E-state index contributed by atoms with van der Waals surface area (Å²) in [6, 6.07) is 7.70. The molecule has 2 fully saturated rings. The first-order valence-corrected chi connectivity index (χ1v) is 8.90. The molecule has 130 valence electrons. The first-order chi connectivity index (χ1) is 11.6. The Balaban J connectivity index is 1.51. The third kappa shape index (κ3) is 3.89. The molecule has 5 nitrogen and oxygen atoms in total. The van der Waals surface area contributed by atoms with Crippen LogP contribution < -0.4 is 9.64 Å². The minimum atomic E-state index is -0.0868. The van der Waals surface area contributed by atoms with E-state index >= 15 is 0 Å². The zero-order valence-corrected chi connectivity index (χ0v) is 14.5. The van der Waals surface area contributed by atoms with Crippen LogP contribution in [0.3, 0.4) is 0 Å².